The lowest BCUT2D eigenvalue weighted by Crippen LogP contribution is -2.31. The summed E-state index contributed by atoms with van der Waals surface area (Å²) in [5.74, 6) is 0. The first kappa shape index (κ1) is 10.5. The van der Waals surface area contributed by atoms with Gasteiger partial charge in [0.25, 0.3) is 0 Å². The number of fused-ring (bicyclic) bond motifs is 1. The van der Waals surface area contributed by atoms with Gasteiger partial charge in [0.2, 0.25) is 0 Å². The molecule has 0 bridgehead atoms. The highest BCUT2D eigenvalue weighted by molar-refractivity contribution is 7.53. The van der Waals surface area contributed by atoms with Crippen LogP contribution < -0.4 is 4.75 Å². The highest BCUT2D eigenvalue weighted by atomic mass is 32.1. The van der Waals surface area contributed by atoms with Crippen LogP contribution in [-0.2, 0) is 0 Å². The Morgan fingerprint density at radius 3 is 2.94 bits per heavy atom. The fourth-order valence-corrected chi connectivity index (χ4v) is 4.64. The molecule has 1 unspecified atom stereocenters. The van der Waals surface area contributed by atoms with E-state index >= 15 is 0 Å². The minimum Gasteiger partial charge on any atom is -0.632 e. The normalized spacial score (nSPS) is 20.1. The average Bonchev–Trinajstić information content (AvgIpc) is 2.84. The van der Waals surface area contributed by atoms with Crippen molar-refractivity contribution in [2.24, 2.45) is 0 Å². The summed E-state index contributed by atoms with van der Waals surface area (Å²) in [5.41, 5.74) is 0.917. The van der Waals surface area contributed by atoms with Crippen molar-refractivity contribution in [3.8, 4) is 0 Å². The van der Waals surface area contributed by atoms with Gasteiger partial charge in [-0.05, 0) is 12.1 Å². The van der Waals surface area contributed by atoms with Gasteiger partial charge in [0.05, 0.1) is 13.1 Å². The fourth-order valence-electron chi connectivity index (χ4n) is 1.95. The maximum absolute atomic E-state index is 12.2. The lowest BCUT2D eigenvalue weighted by molar-refractivity contribution is -0.733. The molecule has 1 saturated heterocycles. The minimum atomic E-state index is -0.0696. The van der Waals surface area contributed by atoms with Crippen LogP contribution in [0.4, 0.5) is 0 Å². The number of hydroxylamine groups is 2. The van der Waals surface area contributed by atoms with Gasteiger partial charge in [0.15, 0.2) is 13.5 Å². The van der Waals surface area contributed by atoms with Crippen LogP contribution in [0, 0.1) is 5.21 Å². The number of hydrogen-bond donors (Lipinski definition) is 0. The molecular formula is C10H12N3OPS. The Balaban J connectivity index is 1.89. The summed E-state index contributed by atoms with van der Waals surface area (Å²) < 4.78 is 0.880. The Labute approximate surface area is 99.3 Å². The molecule has 0 radical (unpaired) electrons. The fraction of sp³-hybridized carbons (Fsp3) is 0.400. The standard InChI is InChI=1S/C10H12N3OPS/c14-13(6-1-2-7-13)15-10-12-8-4-3-5-11-9(8)16-10/h3-5,15H,1-2,6-7H2. The quantitative estimate of drug-likeness (QED) is 0.607. The molecule has 0 aromatic carbocycles. The van der Waals surface area contributed by atoms with Crippen LogP contribution in [0.5, 0.6) is 0 Å². The number of pyridine rings is 1. The summed E-state index contributed by atoms with van der Waals surface area (Å²) in [6.45, 7) is 1.50. The molecule has 1 aliphatic heterocycles. The van der Waals surface area contributed by atoms with Crippen molar-refractivity contribution in [1.29, 1.82) is 0 Å². The third-order valence-electron chi connectivity index (χ3n) is 2.75. The molecule has 1 aliphatic rings. The topological polar surface area (TPSA) is 48.8 Å². The van der Waals surface area contributed by atoms with E-state index in [0.717, 1.165) is 41.0 Å². The molecule has 1 atom stereocenters. The smallest absolute Gasteiger partial charge is 0.174 e. The lowest BCUT2D eigenvalue weighted by Gasteiger charge is -2.36. The molecule has 2 aromatic heterocycles. The first-order valence-electron chi connectivity index (χ1n) is 5.33. The largest absolute Gasteiger partial charge is 0.632 e. The molecule has 84 valence electrons. The molecule has 0 spiro atoms. The third-order valence-corrected chi connectivity index (χ3v) is 5.28. The van der Waals surface area contributed by atoms with Crippen LogP contribution in [0.1, 0.15) is 12.8 Å². The monoisotopic (exact) mass is 253 g/mol. The van der Waals surface area contributed by atoms with E-state index in [1.807, 2.05) is 12.1 Å². The van der Waals surface area contributed by atoms with Crippen molar-refractivity contribution < 1.29 is 4.42 Å². The van der Waals surface area contributed by atoms with Gasteiger partial charge in [0.1, 0.15) is 10.3 Å². The molecule has 2 aromatic rings. The Kier molecular flexibility index (Phi) is 2.64. The molecule has 1 fully saturated rings. The van der Waals surface area contributed by atoms with Crippen LogP contribution >= 0.6 is 20.1 Å². The Bertz CT molecular complexity index is 476. The maximum atomic E-state index is 12.2. The van der Waals surface area contributed by atoms with Crippen molar-refractivity contribution in [3.63, 3.8) is 0 Å². The first-order valence-corrected chi connectivity index (χ1v) is 7.09. The van der Waals surface area contributed by atoms with E-state index in [-0.39, 0.29) is 13.1 Å². The number of aromatic nitrogens is 2. The van der Waals surface area contributed by atoms with Gasteiger partial charge in [-0.15, -0.1) is 0 Å². The Hall–Kier alpha value is -0.610. The van der Waals surface area contributed by atoms with Crippen LogP contribution in [0.25, 0.3) is 10.3 Å². The van der Waals surface area contributed by atoms with Crippen molar-refractivity contribution in [3.05, 3.63) is 23.5 Å². The zero-order chi connectivity index (χ0) is 11.0. The van der Waals surface area contributed by atoms with Crippen LogP contribution in [0.2, 0.25) is 0 Å². The second kappa shape index (κ2) is 4.00. The number of nitrogens with zero attached hydrogens (tertiary/aromatic N) is 3. The van der Waals surface area contributed by atoms with Crippen molar-refractivity contribution >= 4 is 35.2 Å². The van der Waals surface area contributed by atoms with Crippen molar-refractivity contribution in [2.75, 3.05) is 13.1 Å². The van der Waals surface area contributed by atoms with E-state index in [1.165, 1.54) is 0 Å². The van der Waals surface area contributed by atoms with Crippen LogP contribution in [-0.4, -0.2) is 27.5 Å². The molecule has 3 heterocycles. The number of rotatable bonds is 2. The lowest BCUT2D eigenvalue weighted by atomic mass is 10.4. The van der Waals surface area contributed by atoms with Crippen molar-refractivity contribution in [1.82, 2.24) is 9.97 Å². The maximum Gasteiger partial charge on any atom is 0.174 e. The molecule has 0 saturated carbocycles. The van der Waals surface area contributed by atoms with Gasteiger partial charge < -0.3 is 9.62 Å². The predicted octanol–water partition coefficient (Wildman–Crippen LogP) is 2.02. The highest BCUT2D eigenvalue weighted by Gasteiger charge is 2.25. The zero-order valence-corrected chi connectivity index (χ0v) is 10.5. The van der Waals surface area contributed by atoms with E-state index in [2.05, 4.69) is 9.97 Å². The molecule has 16 heavy (non-hydrogen) atoms. The SMILES string of the molecule is [O-][N+]1(Pc2nc3cccnc3s2)CCCC1. The molecule has 0 amide bonds. The van der Waals surface area contributed by atoms with Gasteiger partial charge in [-0.1, -0.05) is 11.3 Å². The van der Waals surface area contributed by atoms with Crippen molar-refractivity contribution in [2.45, 2.75) is 12.8 Å². The summed E-state index contributed by atoms with van der Waals surface area (Å²) in [7, 11) is 0.244. The van der Waals surface area contributed by atoms with Crippen LogP contribution in [0.3, 0.4) is 0 Å². The summed E-state index contributed by atoms with van der Waals surface area (Å²) >= 11 is 1.56. The second-order valence-corrected chi connectivity index (χ2v) is 6.85. The molecule has 4 nitrogen and oxygen atoms in total. The summed E-state index contributed by atoms with van der Waals surface area (Å²) in [6.07, 6.45) is 3.88. The molecule has 3 rings (SSSR count). The minimum absolute atomic E-state index is 0.0696. The zero-order valence-electron chi connectivity index (χ0n) is 8.72. The van der Waals surface area contributed by atoms with Gasteiger partial charge in [-0.2, -0.15) is 0 Å². The summed E-state index contributed by atoms with van der Waals surface area (Å²) in [6, 6.07) is 3.83. The average molecular weight is 253 g/mol. The van der Waals surface area contributed by atoms with Gasteiger partial charge in [-0.3, -0.25) is 0 Å². The molecule has 0 N–H and O–H groups in total. The number of thiazole rings is 1. The summed E-state index contributed by atoms with van der Waals surface area (Å²) in [4.78, 5) is 9.67. The summed E-state index contributed by atoms with van der Waals surface area (Å²) in [5, 5.41) is 12.2. The van der Waals surface area contributed by atoms with E-state index in [4.69, 9.17) is 0 Å². The van der Waals surface area contributed by atoms with Gasteiger partial charge in [0, 0.05) is 19.0 Å². The van der Waals surface area contributed by atoms with E-state index in [0.29, 0.717) is 0 Å². The predicted molar refractivity (Wildman–Crippen MR) is 68.0 cm³/mol. The first-order chi connectivity index (χ1) is 7.75. The third kappa shape index (κ3) is 1.96. The van der Waals surface area contributed by atoms with Crippen LogP contribution in [0.15, 0.2) is 18.3 Å². The molecule has 0 aliphatic carbocycles. The van der Waals surface area contributed by atoms with E-state index in [1.54, 1.807) is 17.5 Å². The van der Waals surface area contributed by atoms with E-state index < -0.39 is 0 Å². The van der Waals surface area contributed by atoms with Gasteiger partial charge in [-0.25, -0.2) is 9.97 Å². The Morgan fingerprint density at radius 2 is 2.19 bits per heavy atom. The van der Waals surface area contributed by atoms with E-state index in [9.17, 15) is 5.21 Å². The highest BCUT2D eigenvalue weighted by Crippen LogP contribution is 2.34. The molecule has 6 heteroatoms. The number of quaternary nitrogens is 1. The van der Waals surface area contributed by atoms with Gasteiger partial charge >= 0.3 is 0 Å². The Morgan fingerprint density at radius 1 is 1.38 bits per heavy atom. The molecular weight excluding hydrogens is 241 g/mol. The number of hydrogen-bond acceptors (Lipinski definition) is 4. The second-order valence-electron chi connectivity index (χ2n) is 4.00.